The van der Waals surface area contributed by atoms with Crippen LogP contribution in [0, 0.1) is 0 Å². The van der Waals surface area contributed by atoms with Gasteiger partial charge in [0.2, 0.25) is 0 Å². The minimum atomic E-state index is 0.325. The SMILES string of the molecule is COc1ccc(N(C)c2ccccc2)cc1OC1CCCC1. The van der Waals surface area contributed by atoms with E-state index in [1.165, 1.54) is 12.8 Å². The van der Waals surface area contributed by atoms with Crippen molar-refractivity contribution in [1.82, 2.24) is 0 Å². The monoisotopic (exact) mass is 297 g/mol. The number of hydrogen-bond acceptors (Lipinski definition) is 3. The molecule has 0 unspecified atom stereocenters. The predicted molar refractivity (Wildman–Crippen MR) is 90.4 cm³/mol. The molecule has 1 aliphatic carbocycles. The largest absolute Gasteiger partial charge is 0.493 e. The third-order valence-electron chi connectivity index (χ3n) is 4.27. The Balaban J connectivity index is 1.85. The van der Waals surface area contributed by atoms with Crippen molar-refractivity contribution in [3.05, 3.63) is 48.5 Å². The summed E-state index contributed by atoms with van der Waals surface area (Å²) in [5, 5.41) is 0. The summed E-state index contributed by atoms with van der Waals surface area (Å²) in [6.45, 7) is 0. The molecule has 116 valence electrons. The Morgan fingerprint density at radius 3 is 2.32 bits per heavy atom. The van der Waals surface area contributed by atoms with Gasteiger partial charge in [-0.15, -0.1) is 0 Å². The molecule has 0 heterocycles. The number of ether oxygens (including phenoxy) is 2. The van der Waals surface area contributed by atoms with Crippen molar-refractivity contribution in [2.45, 2.75) is 31.8 Å². The van der Waals surface area contributed by atoms with E-state index in [0.29, 0.717) is 6.10 Å². The van der Waals surface area contributed by atoms with E-state index in [1.807, 2.05) is 24.3 Å². The lowest BCUT2D eigenvalue weighted by molar-refractivity contribution is 0.201. The minimum absolute atomic E-state index is 0.325. The molecule has 0 spiro atoms. The van der Waals surface area contributed by atoms with Crippen molar-refractivity contribution in [2.75, 3.05) is 19.1 Å². The van der Waals surface area contributed by atoms with Crippen molar-refractivity contribution < 1.29 is 9.47 Å². The molecule has 2 aromatic carbocycles. The number of para-hydroxylation sites is 1. The van der Waals surface area contributed by atoms with Crippen LogP contribution in [-0.4, -0.2) is 20.3 Å². The van der Waals surface area contributed by atoms with E-state index in [1.54, 1.807) is 7.11 Å². The summed E-state index contributed by atoms with van der Waals surface area (Å²) >= 11 is 0. The van der Waals surface area contributed by atoms with Crippen LogP contribution in [0.5, 0.6) is 11.5 Å². The zero-order valence-electron chi connectivity index (χ0n) is 13.3. The molecule has 0 saturated heterocycles. The topological polar surface area (TPSA) is 21.7 Å². The van der Waals surface area contributed by atoms with Gasteiger partial charge in [0.25, 0.3) is 0 Å². The highest BCUT2D eigenvalue weighted by atomic mass is 16.5. The minimum Gasteiger partial charge on any atom is -0.493 e. The zero-order valence-corrected chi connectivity index (χ0v) is 13.3. The van der Waals surface area contributed by atoms with Crippen LogP contribution in [0.4, 0.5) is 11.4 Å². The predicted octanol–water partition coefficient (Wildman–Crippen LogP) is 4.78. The van der Waals surface area contributed by atoms with Crippen molar-refractivity contribution in [2.24, 2.45) is 0 Å². The fraction of sp³-hybridized carbons (Fsp3) is 0.368. The van der Waals surface area contributed by atoms with Crippen molar-refractivity contribution >= 4 is 11.4 Å². The Bertz CT molecular complexity index is 606. The molecule has 3 rings (SSSR count). The lowest BCUT2D eigenvalue weighted by Gasteiger charge is -2.22. The van der Waals surface area contributed by atoms with Gasteiger partial charge >= 0.3 is 0 Å². The van der Waals surface area contributed by atoms with Gasteiger partial charge < -0.3 is 14.4 Å². The van der Waals surface area contributed by atoms with Crippen LogP contribution in [0.15, 0.2) is 48.5 Å². The van der Waals surface area contributed by atoms with E-state index < -0.39 is 0 Å². The van der Waals surface area contributed by atoms with Crippen molar-refractivity contribution in [3.63, 3.8) is 0 Å². The number of methoxy groups -OCH3 is 1. The van der Waals surface area contributed by atoms with Gasteiger partial charge in [-0.1, -0.05) is 18.2 Å². The van der Waals surface area contributed by atoms with Gasteiger partial charge in [-0.2, -0.15) is 0 Å². The highest BCUT2D eigenvalue weighted by Crippen LogP contribution is 2.36. The molecule has 0 aliphatic heterocycles. The molecular weight excluding hydrogens is 274 g/mol. The first kappa shape index (κ1) is 14.8. The molecule has 3 nitrogen and oxygen atoms in total. The molecule has 22 heavy (non-hydrogen) atoms. The third kappa shape index (κ3) is 3.19. The van der Waals surface area contributed by atoms with E-state index in [0.717, 1.165) is 35.7 Å². The Morgan fingerprint density at radius 1 is 0.909 bits per heavy atom. The Labute approximate surface area is 132 Å². The normalized spacial score (nSPS) is 14.8. The van der Waals surface area contributed by atoms with Crippen LogP contribution < -0.4 is 14.4 Å². The Hall–Kier alpha value is -2.16. The van der Waals surface area contributed by atoms with Crippen LogP contribution in [-0.2, 0) is 0 Å². The summed E-state index contributed by atoms with van der Waals surface area (Å²) in [6.07, 6.45) is 5.13. The van der Waals surface area contributed by atoms with Crippen molar-refractivity contribution in [1.29, 1.82) is 0 Å². The van der Waals surface area contributed by atoms with Crippen LogP contribution in [0.25, 0.3) is 0 Å². The fourth-order valence-corrected chi connectivity index (χ4v) is 2.95. The standard InChI is InChI=1S/C19H23NO2/c1-20(15-8-4-3-5-9-15)16-12-13-18(21-2)19(14-16)22-17-10-6-7-11-17/h3-5,8-9,12-14,17H,6-7,10-11H2,1-2H3. The molecule has 0 aromatic heterocycles. The number of benzene rings is 2. The first-order valence-electron chi connectivity index (χ1n) is 7.91. The van der Waals surface area contributed by atoms with Gasteiger partial charge in [-0.3, -0.25) is 0 Å². The van der Waals surface area contributed by atoms with Gasteiger partial charge in [0.15, 0.2) is 11.5 Å². The molecule has 2 aromatic rings. The van der Waals surface area contributed by atoms with E-state index >= 15 is 0 Å². The van der Waals surface area contributed by atoms with Gasteiger partial charge in [-0.25, -0.2) is 0 Å². The third-order valence-corrected chi connectivity index (χ3v) is 4.27. The van der Waals surface area contributed by atoms with Crippen LogP contribution in [0.2, 0.25) is 0 Å². The number of anilines is 2. The van der Waals surface area contributed by atoms with Crippen LogP contribution in [0.3, 0.4) is 0 Å². The summed E-state index contributed by atoms with van der Waals surface area (Å²) in [7, 11) is 3.76. The Kier molecular flexibility index (Phi) is 4.52. The Morgan fingerprint density at radius 2 is 1.64 bits per heavy atom. The smallest absolute Gasteiger partial charge is 0.163 e. The first-order chi connectivity index (χ1) is 10.8. The molecule has 0 atom stereocenters. The molecule has 0 N–H and O–H groups in total. The van der Waals surface area contributed by atoms with Crippen LogP contribution in [0.1, 0.15) is 25.7 Å². The molecule has 0 amide bonds. The zero-order chi connectivity index (χ0) is 15.4. The molecule has 1 fully saturated rings. The highest BCUT2D eigenvalue weighted by Gasteiger charge is 2.19. The van der Waals surface area contributed by atoms with E-state index in [-0.39, 0.29) is 0 Å². The summed E-state index contributed by atoms with van der Waals surface area (Å²) in [6, 6.07) is 16.4. The molecule has 0 radical (unpaired) electrons. The molecule has 1 saturated carbocycles. The number of rotatable bonds is 5. The van der Waals surface area contributed by atoms with E-state index in [9.17, 15) is 0 Å². The lowest BCUT2D eigenvalue weighted by Crippen LogP contribution is -2.13. The van der Waals surface area contributed by atoms with E-state index in [4.69, 9.17) is 9.47 Å². The molecule has 3 heteroatoms. The van der Waals surface area contributed by atoms with Gasteiger partial charge in [0.05, 0.1) is 13.2 Å². The highest BCUT2D eigenvalue weighted by molar-refractivity contribution is 5.65. The summed E-state index contributed by atoms with van der Waals surface area (Å²) in [4.78, 5) is 2.15. The van der Waals surface area contributed by atoms with Gasteiger partial charge in [0, 0.05) is 24.5 Å². The van der Waals surface area contributed by atoms with E-state index in [2.05, 4.69) is 36.2 Å². The van der Waals surface area contributed by atoms with Crippen LogP contribution >= 0.6 is 0 Å². The summed E-state index contributed by atoms with van der Waals surface area (Å²) < 4.78 is 11.6. The lowest BCUT2D eigenvalue weighted by atomic mass is 10.2. The molecule has 0 bridgehead atoms. The quantitative estimate of drug-likeness (QED) is 0.792. The summed E-state index contributed by atoms with van der Waals surface area (Å²) in [5.41, 5.74) is 2.25. The van der Waals surface area contributed by atoms with Gasteiger partial charge in [-0.05, 0) is 49.9 Å². The fourth-order valence-electron chi connectivity index (χ4n) is 2.95. The molecule has 1 aliphatic rings. The van der Waals surface area contributed by atoms with Crippen molar-refractivity contribution in [3.8, 4) is 11.5 Å². The summed E-state index contributed by atoms with van der Waals surface area (Å²) in [5.74, 6) is 1.65. The average molecular weight is 297 g/mol. The number of hydrogen-bond donors (Lipinski definition) is 0. The maximum Gasteiger partial charge on any atom is 0.163 e. The average Bonchev–Trinajstić information content (AvgIpc) is 3.08. The maximum atomic E-state index is 6.17. The second-order valence-corrected chi connectivity index (χ2v) is 5.75. The number of nitrogens with zero attached hydrogens (tertiary/aromatic N) is 1. The van der Waals surface area contributed by atoms with Gasteiger partial charge in [0.1, 0.15) is 0 Å². The first-order valence-corrected chi connectivity index (χ1v) is 7.91. The second-order valence-electron chi connectivity index (χ2n) is 5.75. The maximum absolute atomic E-state index is 6.17. The second kappa shape index (κ2) is 6.73. The molecular formula is C19H23NO2.